The van der Waals surface area contributed by atoms with Crippen molar-refractivity contribution in [1.82, 2.24) is 19.3 Å². The van der Waals surface area contributed by atoms with Crippen LogP contribution in [0.5, 0.6) is 0 Å². The van der Waals surface area contributed by atoms with Gasteiger partial charge in [-0.25, -0.2) is 4.98 Å². The van der Waals surface area contributed by atoms with Gasteiger partial charge in [-0.2, -0.15) is 16.4 Å². The quantitative estimate of drug-likeness (QED) is 0.795. The van der Waals surface area contributed by atoms with Crippen LogP contribution in [0, 0.1) is 0 Å². The number of aryl methyl sites for hydroxylation is 2. The molecule has 0 spiro atoms. The number of nitrogen functional groups attached to an aromatic ring is 1. The Labute approximate surface area is 115 Å². The first kappa shape index (κ1) is 12.2. The van der Waals surface area contributed by atoms with Gasteiger partial charge < -0.3 is 5.73 Å². The number of imidazole rings is 1. The van der Waals surface area contributed by atoms with Gasteiger partial charge in [0.25, 0.3) is 0 Å². The van der Waals surface area contributed by atoms with Crippen LogP contribution in [0.15, 0.2) is 16.8 Å². The molecule has 0 fully saturated rings. The van der Waals surface area contributed by atoms with E-state index in [1.54, 1.807) is 11.3 Å². The summed E-state index contributed by atoms with van der Waals surface area (Å²) in [6.07, 6.45) is 2.00. The van der Waals surface area contributed by atoms with Crippen LogP contribution in [-0.4, -0.2) is 19.3 Å². The summed E-state index contributed by atoms with van der Waals surface area (Å²) in [6.45, 7) is 2.89. The van der Waals surface area contributed by atoms with E-state index in [1.165, 1.54) is 5.56 Å². The molecule has 0 unspecified atom stereocenters. The second kappa shape index (κ2) is 4.70. The first-order valence-corrected chi connectivity index (χ1v) is 7.33. The molecule has 3 heterocycles. The van der Waals surface area contributed by atoms with E-state index in [-0.39, 0.29) is 0 Å². The number of anilines is 1. The third-order valence-electron chi connectivity index (χ3n) is 3.23. The van der Waals surface area contributed by atoms with E-state index < -0.39 is 0 Å². The lowest BCUT2D eigenvalue weighted by atomic mass is 10.2. The maximum Gasteiger partial charge on any atom is 0.202 e. The van der Waals surface area contributed by atoms with E-state index in [4.69, 9.17) is 5.73 Å². The van der Waals surface area contributed by atoms with E-state index in [0.29, 0.717) is 5.95 Å². The van der Waals surface area contributed by atoms with E-state index in [0.717, 1.165) is 36.2 Å². The summed E-state index contributed by atoms with van der Waals surface area (Å²) < 4.78 is 3.92. The molecule has 0 saturated heterocycles. The Morgan fingerprint density at radius 3 is 2.95 bits per heavy atom. The van der Waals surface area contributed by atoms with Gasteiger partial charge in [-0.05, 0) is 28.8 Å². The van der Waals surface area contributed by atoms with Crippen molar-refractivity contribution in [3.05, 3.63) is 28.1 Å². The predicted molar refractivity (Wildman–Crippen MR) is 78.3 cm³/mol. The number of rotatable bonds is 4. The molecule has 3 aromatic rings. The van der Waals surface area contributed by atoms with Crippen molar-refractivity contribution in [2.75, 3.05) is 5.73 Å². The molecular weight excluding hydrogens is 258 g/mol. The number of hydrogen-bond acceptors (Lipinski definition) is 4. The minimum absolute atomic E-state index is 0.562. The Hall–Kier alpha value is -1.82. The zero-order valence-electron chi connectivity index (χ0n) is 11.1. The van der Waals surface area contributed by atoms with Gasteiger partial charge in [-0.3, -0.25) is 9.25 Å². The average Bonchev–Trinajstić information content (AvgIpc) is 3.04. The maximum atomic E-state index is 6.06. The largest absolute Gasteiger partial charge is 0.369 e. The van der Waals surface area contributed by atoms with Crippen molar-refractivity contribution in [3.8, 4) is 0 Å². The standard InChI is InChI=1S/C13H17N5S/c1-3-4-10-11-12(17(2)16-10)18(13(14)15-11)7-9-5-6-19-8-9/h5-6,8H,3-4,7H2,1-2H3,(H2,14,15). The first-order valence-electron chi connectivity index (χ1n) is 6.39. The molecule has 0 radical (unpaired) electrons. The molecule has 0 aliphatic heterocycles. The molecule has 5 nitrogen and oxygen atoms in total. The highest BCUT2D eigenvalue weighted by atomic mass is 32.1. The lowest BCUT2D eigenvalue weighted by Crippen LogP contribution is -2.07. The molecule has 0 amide bonds. The smallest absolute Gasteiger partial charge is 0.202 e. The van der Waals surface area contributed by atoms with Gasteiger partial charge in [-0.15, -0.1) is 0 Å². The molecule has 0 saturated carbocycles. The minimum Gasteiger partial charge on any atom is -0.369 e. The maximum absolute atomic E-state index is 6.06. The molecular formula is C13H17N5S. The first-order chi connectivity index (χ1) is 9.20. The summed E-state index contributed by atoms with van der Waals surface area (Å²) in [5, 5.41) is 8.76. The van der Waals surface area contributed by atoms with Gasteiger partial charge in [-0.1, -0.05) is 13.3 Å². The molecule has 0 aromatic carbocycles. The van der Waals surface area contributed by atoms with Crippen molar-refractivity contribution >= 4 is 28.4 Å². The van der Waals surface area contributed by atoms with Gasteiger partial charge in [0.05, 0.1) is 12.2 Å². The van der Waals surface area contributed by atoms with E-state index >= 15 is 0 Å². The zero-order valence-corrected chi connectivity index (χ0v) is 11.9. The third-order valence-corrected chi connectivity index (χ3v) is 3.96. The highest BCUT2D eigenvalue weighted by molar-refractivity contribution is 7.07. The van der Waals surface area contributed by atoms with Crippen LogP contribution in [0.1, 0.15) is 24.6 Å². The van der Waals surface area contributed by atoms with E-state index in [2.05, 4.69) is 33.8 Å². The monoisotopic (exact) mass is 275 g/mol. The lowest BCUT2D eigenvalue weighted by molar-refractivity contribution is 0.712. The zero-order chi connectivity index (χ0) is 13.4. The van der Waals surface area contributed by atoms with Crippen molar-refractivity contribution < 1.29 is 0 Å². The van der Waals surface area contributed by atoms with Crippen LogP contribution in [0.25, 0.3) is 11.2 Å². The minimum atomic E-state index is 0.562. The fourth-order valence-electron chi connectivity index (χ4n) is 2.38. The van der Waals surface area contributed by atoms with Crippen LogP contribution in [0.4, 0.5) is 5.95 Å². The lowest BCUT2D eigenvalue weighted by Gasteiger charge is -2.05. The molecule has 3 aromatic heterocycles. The second-order valence-electron chi connectivity index (χ2n) is 4.68. The van der Waals surface area contributed by atoms with E-state index in [9.17, 15) is 0 Å². The third kappa shape index (κ3) is 2.02. The summed E-state index contributed by atoms with van der Waals surface area (Å²) in [5.74, 6) is 0.562. The molecule has 2 N–H and O–H groups in total. The van der Waals surface area contributed by atoms with Crippen LogP contribution >= 0.6 is 11.3 Å². The molecule has 0 aliphatic rings. The number of hydrogen-bond donors (Lipinski definition) is 1. The summed E-state index contributed by atoms with van der Waals surface area (Å²) in [7, 11) is 1.95. The van der Waals surface area contributed by atoms with Crippen molar-refractivity contribution in [2.24, 2.45) is 7.05 Å². The van der Waals surface area contributed by atoms with Gasteiger partial charge in [0.2, 0.25) is 5.95 Å². The Kier molecular flexibility index (Phi) is 3.02. The van der Waals surface area contributed by atoms with Crippen LogP contribution < -0.4 is 5.73 Å². The summed E-state index contributed by atoms with van der Waals surface area (Å²) in [6, 6.07) is 2.11. The Morgan fingerprint density at radius 1 is 1.42 bits per heavy atom. The van der Waals surface area contributed by atoms with Crippen molar-refractivity contribution in [2.45, 2.75) is 26.3 Å². The van der Waals surface area contributed by atoms with Gasteiger partial charge >= 0.3 is 0 Å². The Bertz CT molecular complexity index is 692. The molecule has 0 bridgehead atoms. The topological polar surface area (TPSA) is 61.7 Å². The Balaban J connectivity index is 2.11. The second-order valence-corrected chi connectivity index (χ2v) is 5.46. The molecule has 0 atom stereocenters. The summed E-state index contributed by atoms with van der Waals surface area (Å²) in [5.41, 5.74) is 10.3. The SMILES string of the molecule is CCCc1nn(C)c2c1nc(N)n2Cc1ccsc1. The molecule has 100 valence electrons. The van der Waals surface area contributed by atoms with Crippen LogP contribution in [0.3, 0.4) is 0 Å². The molecule has 19 heavy (non-hydrogen) atoms. The normalized spacial score (nSPS) is 11.5. The van der Waals surface area contributed by atoms with Crippen LogP contribution in [-0.2, 0) is 20.0 Å². The molecule has 0 aliphatic carbocycles. The number of nitrogens with zero attached hydrogens (tertiary/aromatic N) is 4. The highest BCUT2D eigenvalue weighted by Crippen LogP contribution is 2.23. The molecule has 6 heteroatoms. The average molecular weight is 275 g/mol. The number of thiophene rings is 1. The van der Waals surface area contributed by atoms with Crippen LogP contribution in [0.2, 0.25) is 0 Å². The Morgan fingerprint density at radius 2 is 2.26 bits per heavy atom. The summed E-state index contributed by atoms with van der Waals surface area (Å²) in [4.78, 5) is 4.49. The van der Waals surface area contributed by atoms with E-state index in [1.807, 2.05) is 16.3 Å². The number of nitrogens with two attached hydrogens (primary N) is 1. The van der Waals surface area contributed by atoms with Crippen molar-refractivity contribution in [3.63, 3.8) is 0 Å². The van der Waals surface area contributed by atoms with Gasteiger partial charge in [0.15, 0.2) is 5.65 Å². The highest BCUT2D eigenvalue weighted by Gasteiger charge is 2.17. The predicted octanol–water partition coefficient (Wildman–Crippen LogP) is 2.41. The van der Waals surface area contributed by atoms with Crippen molar-refractivity contribution in [1.29, 1.82) is 0 Å². The molecule has 3 rings (SSSR count). The fraction of sp³-hybridized carbons (Fsp3) is 0.385. The number of aromatic nitrogens is 4. The number of fused-ring (bicyclic) bond motifs is 1. The van der Waals surface area contributed by atoms with Gasteiger partial charge in [0, 0.05) is 7.05 Å². The van der Waals surface area contributed by atoms with Gasteiger partial charge in [0.1, 0.15) is 5.52 Å². The summed E-state index contributed by atoms with van der Waals surface area (Å²) >= 11 is 1.69. The fourth-order valence-corrected chi connectivity index (χ4v) is 3.04.